The van der Waals surface area contributed by atoms with Crippen LogP contribution < -0.4 is 4.90 Å². The molecular weight excluding hydrogens is 384 g/mol. The molecule has 3 aliphatic heterocycles. The zero-order valence-electron chi connectivity index (χ0n) is 16.7. The molecule has 2 unspecified atom stereocenters. The second kappa shape index (κ2) is 7.11. The summed E-state index contributed by atoms with van der Waals surface area (Å²) in [5, 5.41) is 9.10. The van der Waals surface area contributed by atoms with Crippen molar-refractivity contribution >= 4 is 17.5 Å². The second-order valence-corrected chi connectivity index (χ2v) is 8.24. The summed E-state index contributed by atoms with van der Waals surface area (Å²) in [5.41, 5.74) is 1.04. The third kappa shape index (κ3) is 2.88. The Morgan fingerprint density at radius 1 is 1.30 bits per heavy atom. The summed E-state index contributed by atoms with van der Waals surface area (Å²) in [6.07, 6.45) is 5.65. The fourth-order valence-corrected chi connectivity index (χ4v) is 4.94. The zero-order valence-corrected chi connectivity index (χ0v) is 16.7. The molecule has 2 bridgehead atoms. The van der Waals surface area contributed by atoms with Crippen LogP contribution in [0.4, 0.5) is 5.69 Å². The Labute approximate surface area is 174 Å². The van der Waals surface area contributed by atoms with Crippen LogP contribution in [0.5, 0.6) is 0 Å². The maximum atomic E-state index is 13.4. The van der Waals surface area contributed by atoms with Crippen molar-refractivity contribution in [3.63, 3.8) is 0 Å². The highest BCUT2D eigenvalue weighted by Crippen LogP contribution is 2.53. The molecule has 3 aliphatic rings. The fraction of sp³-hybridized carbons (Fsp3) is 0.391. The number of rotatable bonds is 6. The standard InChI is InChI=1S/C23H24N2O5/c1-24(13-17-3-2-12-29-17)21(27)19-18-8-10-23(30-18)14-25(22(28)20(19)23)16-6-4-15(5-7-16)9-11-26/h2-8,10,12,18-20,26H,9,11,13-14H2,1H3/t18-,19?,20?,23-/m0/s1. The molecule has 1 spiro atoms. The van der Waals surface area contributed by atoms with Gasteiger partial charge in [0.25, 0.3) is 0 Å². The number of anilines is 1. The van der Waals surface area contributed by atoms with Crippen molar-refractivity contribution in [3.05, 3.63) is 66.1 Å². The van der Waals surface area contributed by atoms with Gasteiger partial charge in [0.1, 0.15) is 11.4 Å². The lowest BCUT2D eigenvalue weighted by Gasteiger charge is -2.27. The van der Waals surface area contributed by atoms with Crippen LogP contribution in [-0.4, -0.2) is 53.7 Å². The number of carbonyl (C=O) groups excluding carboxylic acids is 2. The van der Waals surface area contributed by atoms with Gasteiger partial charge in [0.2, 0.25) is 11.8 Å². The van der Waals surface area contributed by atoms with Gasteiger partial charge in [-0.05, 0) is 36.2 Å². The molecule has 2 aromatic rings. The molecule has 5 rings (SSSR count). The number of amides is 2. The molecule has 4 heterocycles. The maximum Gasteiger partial charge on any atom is 0.234 e. The molecular formula is C23H24N2O5. The van der Waals surface area contributed by atoms with Crippen molar-refractivity contribution in [2.75, 3.05) is 25.1 Å². The lowest BCUT2D eigenvalue weighted by Crippen LogP contribution is -2.44. The van der Waals surface area contributed by atoms with E-state index >= 15 is 0 Å². The number of hydrogen-bond donors (Lipinski definition) is 1. The summed E-state index contributed by atoms with van der Waals surface area (Å²) < 4.78 is 11.6. The van der Waals surface area contributed by atoms with Crippen LogP contribution in [0.3, 0.4) is 0 Å². The Balaban J connectivity index is 1.39. The van der Waals surface area contributed by atoms with Crippen molar-refractivity contribution in [2.45, 2.75) is 24.7 Å². The van der Waals surface area contributed by atoms with E-state index in [1.54, 1.807) is 29.2 Å². The Morgan fingerprint density at radius 2 is 2.10 bits per heavy atom. The topological polar surface area (TPSA) is 83.2 Å². The Bertz CT molecular complexity index is 984. The average molecular weight is 408 g/mol. The number of ether oxygens (including phenoxy) is 1. The molecule has 4 atom stereocenters. The number of nitrogens with zero attached hydrogens (tertiary/aromatic N) is 2. The van der Waals surface area contributed by atoms with Gasteiger partial charge in [-0.2, -0.15) is 0 Å². The minimum absolute atomic E-state index is 0.0819. The van der Waals surface area contributed by atoms with Gasteiger partial charge in [-0.1, -0.05) is 24.3 Å². The highest BCUT2D eigenvalue weighted by atomic mass is 16.5. The van der Waals surface area contributed by atoms with Crippen LogP contribution in [0.2, 0.25) is 0 Å². The van der Waals surface area contributed by atoms with E-state index in [4.69, 9.17) is 14.3 Å². The van der Waals surface area contributed by atoms with Crippen molar-refractivity contribution < 1.29 is 23.8 Å². The molecule has 1 N–H and O–H groups in total. The SMILES string of the molecule is CN(Cc1ccco1)C(=O)C1C2C(=O)N(c3ccc(CCO)cc3)C[C@@]23C=C[C@@H]1O3. The normalized spacial score (nSPS) is 28.9. The van der Waals surface area contributed by atoms with E-state index in [9.17, 15) is 9.59 Å². The van der Waals surface area contributed by atoms with Crippen molar-refractivity contribution in [3.8, 4) is 0 Å². The predicted molar refractivity (Wildman–Crippen MR) is 108 cm³/mol. The third-order valence-corrected chi connectivity index (χ3v) is 6.38. The minimum Gasteiger partial charge on any atom is -0.467 e. The van der Waals surface area contributed by atoms with Gasteiger partial charge >= 0.3 is 0 Å². The van der Waals surface area contributed by atoms with Crippen molar-refractivity contribution in [2.24, 2.45) is 11.8 Å². The van der Waals surface area contributed by atoms with E-state index in [1.165, 1.54) is 0 Å². The van der Waals surface area contributed by atoms with Gasteiger partial charge in [0, 0.05) is 19.3 Å². The Morgan fingerprint density at radius 3 is 2.80 bits per heavy atom. The fourth-order valence-electron chi connectivity index (χ4n) is 4.94. The molecule has 0 aliphatic carbocycles. The number of hydrogen-bond acceptors (Lipinski definition) is 5. The van der Waals surface area contributed by atoms with Crippen LogP contribution in [-0.2, 0) is 27.3 Å². The van der Waals surface area contributed by atoms with Gasteiger partial charge < -0.3 is 24.1 Å². The van der Waals surface area contributed by atoms with Crippen molar-refractivity contribution in [1.82, 2.24) is 4.90 Å². The minimum atomic E-state index is -0.753. The largest absolute Gasteiger partial charge is 0.467 e. The molecule has 30 heavy (non-hydrogen) atoms. The summed E-state index contributed by atoms with van der Waals surface area (Å²) in [6, 6.07) is 11.2. The van der Waals surface area contributed by atoms with Crippen LogP contribution in [0.1, 0.15) is 11.3 Å². The van der Waals surface area contributed by atoms with Crippen LogP contribution in [0.25, 0.3) is 0 Å². The number of benzene rings is 1. The predicted octanol–water partition coefficient (Wildman–Crippen LogP) is 1.76. The maximum absolute atomic E-state index is 13.4. The summed E-state index contributed by atoms with van der Waals surface area (Å²) in [6.45, 7) is 0.833. The summed E-state index contributed by atoms with van der Waals surface area (Å²) in [4.78, 5) is 30.0. The van der Waals surface area contributed by atoms with Crippen molar-refractivity contribution in [1.29, 1.82) is 0 Å². The number of fused-ring (bicyclic) bond motifs is 1. The molecule has 2 amide bonds. The number of carbonyl (C=O) groups is 2. The first-order valence-corrected chi connectivity index (χ1v) is 10.2. The van der Waals surface area contributed by atoms with Crippen LogP contribution in [0.15, 0.2) is 59.2 Å². The molecule has 7 heteroatoms. The van der Waals surface area contributed by atoms with E-state index in [0.29, 0.717) is 25.3 Å². The molecule has 0 saturated carbocycles. The summed E-state index contributed by atoms with van der Waals surface area (Å²) in [5.74, 6) is -0.567. The van der Waals surface area contributed by atoms with E-state index in [1.807, 2.05) is 42.5 Å². The van der Waals surface area contributed by atoms with Gasteiger partial charge in [0.15, 0.2) is 0 Å². The highest BCUT2D eigenvalue weighted by molar-refractivity contribution is 6.03. The first kappa shape index (κ1) is 19.1. The van der Waals surface area contributed by atoms with Crippen LogP contribution in [0, 0.1) is 11.8 Å². The van der Waals surface area contributed by atoms with E-state index in [-0.39, 0.29) is 24.5 Å². The molecule has 1 aromatic carbocycles. The third-order valence-electron chi connectivity index (χ3n) is 6.38. The molecule has 7 nitrogen and oxygen atoms in total. The monoisotopic (exact) mass is 408 g/mol. The number of aliphatic hydroxyl groups excluding tert-OH is 1. The van der Waals surface area contributed by atoms with Crippen LogP contribution >= 0.6 is 0 Å². The average Bonchev–Trinajstić information content (AvgIpc) is 3.51. The van der Waals surface area contributed by atoms with Gasteiger partial charge in [0.05, 0.1) is 37.3 Å². The van der Waals surface area contributed by atoms with Gasteiger partial charge in [-0.3, -0.25) is 9.59 Å². The summed E-state index contributed by atoms with van der Waals surface area (Å²) >= 11 is 0. The molecule has 156 valence electrons. The molecule has 2 saturated heterocycles. The lowest BCUT2D eigenvalue weighted by atomic mass is 9.76. The Kier molecular flexibility index (Phi) is 4.52. The van der Waals surface area contributed by atoms with E-state index in [0.717, 1.165) is 11.3 Å². The smallest absolute Gasteiger partial charge is 0.234 e. The van der Waals surface area contributed by atoms with Gasteiger partial charge in [-0.25, -0.2) is 0 Å². The number of furan rings is 1. The first-order valence-electron chi connectivity index (χ1n) is 10.2. The lowest BCUT2D eigenvalue weighted by molar-refractivity contribution is -0.139. The summed E-state index contributed by atoms with van der Waals surface area (Å²) in [7, 11) is 1.73. The van der Waals surface area contributed by atoms with E-state index in [2.05, 4.69) is 0 Å². The second-order valence-electron chi connectivity index (χ2n) is 8.24. The van der Waals surface area contributed by atoms with E-state index < -0.39 is 17.4 Å². The van der Waals surface area contributed by atoms with Gasteiger partial charge in [-0.15, -0.1) is 0 Å². The first-order chi connectivity index (χ1) is 14.5. The highest BCUT2D eigenvalue weighted by Gasteiger charge is 2.67. The quantitative estimate of drug-likeness (QED) is 0.737. The molecule has 0 radical (unpaired) electrons. The molecule has 2 fully saturated rings. The molecule has 1 aromatic heterocycles. The number of aliphatic hydroxyl groups is 1. The zero-order chi connectivity index (χ0) is 20.9. The Hall–Kier alpha value is -2.90.